The van der Waals surface area contributed by atoms with E-state index in [9.17, 15) is 19.2 Å². The van der Waals surface area contributed by atoms with Crippen molar-refractivity contribution in [3.8, 4) is 11.5 Å². The number of ether oxygens (including phenoxy) is 2. The molecule has 1 aromatic rings. The molecule has 1 N–H and O–H groups in total. The topological polar surface area (TPSA) is 105 Å². The molecule has 1 fully saturated rings. The van der Waals surface area contributed by atoms with Crippen LogP contribution in [0.5, 0.6) is 11.5 Å². The number of rotatable bonds is 10. The Kier molecular flexibility index (Phi) is 7.36. The van der Waals surface area contributed by atoms with Gasteiger partial charge in [0.15, 0.2) is 11.5 Å². The van der Waals surface area contributed by atoms with Gasteiger partial charge in [-0.1, -0.05) is 6.07 Å². The molecule has 0 bridgehead atoms. The monoisotopic (exact) mass is 391 g/mol. The maximum Gasteiger partial charge on any atom is 0.334 e. The smallest absolute Gasteiger partial charge is 0.334 e. The van der Waals surface area contributed by atoms with Crippen molar-refractivity contribution in [1.29, 1.82) is 0 Å². The summed E-state index contributed by atoms with van der Waals surface area (Å²) in [5.74, 6) is -1.09. The highest BCUT2D eigenvalue weighted by molar-refractivity contribution is 6.45. The van der Waals surface area contributed by atoms with E-state index >= 15 is 0 Å². The lowest BCUT2D eigenvalue weighted by molar-refractivity contribution is -0.143. The van der Waals surface area contributed by atoms with Crippen LogP contribution < -0.4 is 14.8 Å². The van der Waals surface area contributed by atoms with E-state index in [1.54, 1.807) is 6.92 Å². The Morgan fingerprint density at radius 1 is 0.964 bits per heavy atom. The predicted molar refractivity (Wildman–Crippen MR) is 100.0 cm³/mol. The third-order valence-electron chi connectivity index (χ3n) is 4.10. The lowest BCUT2D eigenvalue weighted by atomic mass is 10.1. The number of benzene rings is 1. The summed E-state index contributed by atoms with van der Waals surface area (Å²) in [5, 5.41) is 2.65. The van der Waals surface area contributed by atoms with Gasteiger partial charge in [-0.25, -0.2) is 9.69 Å². The van der Waals surface area contributed by atoms with Gasteiger partial charge < -0.3 is 14.8 Å². The Labute approximate surface area is 163 Å². The highest BCUT2D eigenvalue weighted by Gasteiger charge is 2.44. The van der Waals surface area contributed by atoms with Crippen LogP contribution >= 0.6 is 0 Å². The van der Waals surface area contributed by atoms with E-state index < -0.39 is 30.3 Å². The van der Waals surface area contributed by atoms with E-state index in [2.05, 4.69) is 5.32 Å². The van der Waals surface area contributed by atoms with Gasteiger partial charge in [0, 0.05) is 13.1 Å². The first-order valence-corrected chi connectivity index (χ1v) is 9.25. The van der Waals surface area contributed by atoms with Crippen molar-refractivity contribution in [3.05, 3.63) is 23.8 Å². The lowest BCUT2D eigenvalue weighted by Crippen LogP contribution is -2.41. The number of hydrogen-bond donors (Lipinski definition) is 1. The predicted octanol–water partition coefficient (Wildman–Crippen LogP) is 0.953. The minimum atomic E-state index is -0.977. The number of nitrogens with zero attached hydrogens (tertiary/aromatic N) is 2. The zero-order valence-corrected chi connectivity index (χ0v) is 16.3. The fourth-order valence-corrected chi connectivity index (χ4v) is 2.77. The van der Waals surface area contributed by atoms with Crippen LogP contribution in [0.3, 0.4) is 0 Å². The van der Waals surface area contributed by atoms with Crippen molar-refractivity contribution in [1.82, 2.24) is 15.1 Å². The van der Waals surface area contributed by atoms with E-state index in [1.807, 2.05) is 32.0 Å². The summed E-state index contributed by atoms with van der Waals surface area (Å²) in [4.78, 5) is 49.0. The summed E-state index contributed by atoms with van der Waals surface area (Å²) < 4.78 is 11.1. The third-order valence-corrected chi connectivity index (χ3v) is 4.10. The Hall–Kier alpha value is -3.10. The van der Waals surface area contributed by atoms with Crippen molar-refractivity contribution in [2.45, 2.75) is 27.2 Å². The second-order valence-electron chi connectivity index (χ2n) is 5.97. The van der Waals surface area contributed by atoms with Crippen LogP contribution in [0.1, 0.15) is 26.3 Å². The number of carbonyl (C=O) groups is 4. The molecule has 1 aliphatic rings. The Morgan fingerprint density at radius 3 is 2.21 bits per heavy atom. The van der Waals surface area contributed by atoms with Gasteiger partial charge in [0.2, 0.25) is 5.91 Å². The maximum absolute atomic E-state index is 12.1. The fourth-order valence-electron chi connectivity index (χ4n) is 2.77. The Morgan fingerprint density at radius 2 is 1.61 bits per heavy atom. The van der Waals surface area contributed by atoms with Gasteiger partial charge in [-0.3, -0.25) is 19.3 Å². The number of urea groups is 1. The number of carbonyl (C=O) groups excluding carboxylic acids is 4. The first-order valence-electron chi connectivity index (χ1n) is 9.25. The van der Waals surface area contributed by atoms with Crippen molar-refractivity contribution in [2.75, 3.05) is 32.8 Å². The van der Waals surface area contributed by atoms with Crippen molar-refractivity contribution >= 4 is 23.8 Å². The normalized spacial score (nSPS) is 13.9. The zero-order valence-electron chi connectivity index (χ0n) is 16.3. The molecule has 0 aliphatic carbocycles. The lowest BCUT2D eigenvalue weighted by Gasteiger charge is -2.14. The highest BCUT2D eigenvalue weighted by Crippen LogP contribution is 2.28. The Balaban J connectivity index is 1.88. The van der Waals surface area contributed by atoms with Gasteiger partial charge in [0.1, 0.15) is 6.54 Å². The summed E-state index contributed by atoms with van der Waals surface area (Å²) in [6, 6.07) is 4.79. The minimum absolute atomic E-state index is 0.0848. The summed E-state index contributed by atoms with van der Waals surface area (Å²) in [6.45, 7) is 6.30. The van der Waals surface area contributed by atoms with Crippen LogP contribution in [0.25, 0.3) is 0 Å². The highest BCUT2D eigenvalue weighted by atomic mass is 16.5. The van der Waals surface area contributed by atoms with Crippen LogP contribution in [0.4, 0.5) is 4.79 Å². The van der Waals surface area contributed by atoms with E-state index in [-0.39, 0.29) is 6.54 Å². The number of likely N-dealkylation sites (N-methyl/N-ethyl adjacent to an activating group) is 1. The van der Waals surface area contributed by atoms with Crippen LogP contribution in [0.15, 0.2) is 18.2 Å². The van der Waals surface area contributed by atoms with E-state index in [1.165, 1.54) is 0 Å². The molecule has 0 unspecified atom stereocenters. The molecule has 0 aromatic heterocycles. The molecule has 0 radical (unpaired) electrons. The van der Waals surface area contributed by atoms with E-state index in [0.717, 1.165) is 10.5 Å². The third kappa shape index (κ3) is 4.79. The molecule has 152 valence electrons. The van der Waals surface area contributed by atoms with Gasteiger partial charge >= 0.3 is 17.8 Å². The number of amides is 5. The molecule has 9 heteroatoms. The molecule has 5 amide bonds. The zero-order chi connectivity index (χ0) is 20.7. The Bertz CT molecular complexity index is 764. The summed E-state index contributed by atoms with van der Waals surface area (Å²) in [6.07, 6.45) is 0.528. The standard InChI is InChI=1S/C19H25N3O6/c1-4-21-17(24)18(25)22(19(21)26)12-16(23)20-10-9-13-7-8-14(27-5-2)15(11-13)28-6-3/h7-8,11H,4-6,9-10,12H2,1-3H3,(H,20,23). The van der Waals surface area contributed by atoms with Crippen LogP contribution in [0, 0.1) is 0 Å². The second-order valence-corrected chi connectivity index (χ2v) is 5.97. The van der Waals surface area contributed by atoms with Crippen molar-refractivity contribution in [2.24, 2.45) is 0 Å². The average molecular weight is 391 g/mol. The van der Waals surface area contributed by atoms with Crippen LogP contribution in [0.2, 0.25) is 0 Å². The molecule has 9 nitrogen and oxygen atoms in total. The molecule has 0 saturated carbocycles. The number of imide groups is 2. The molecule has 1 heterocycles. The molecule has 28 heavy (non-hydrogen) atoms. The quantitative estimate of drug-likeness (QED) is 0.470. The van der Waals surface area contributed by atoms with Crippen molar-refractivity contribution < 1.29 is 28.7 Å². The second kappa shape index (κ2) is 9.72. The van der Waals surface area contributed by atoms with Crippen molar-refractivity contribution in [3.63, 3.8) is 0 Å². The largest absolute Gasteiger partial charge is 0.490 e. The first kappa shape index (κ1) is 21.2. The molecule has 0 atom stereocenters. The summed E-state index contributed by atoms with van der Waals surface area (Å²) >= 11 is 0. The molecule has 2 rings (SSSR count). The van der Waals surface area contributed by atoms with Crippen LogP contribution in [-0.2, 0) is 20.8 Å². The van der Waals surface area contributed by atoms with E-state index in [0.29, 0.717) is 42.6 Å². The minimum Gasteiger partial charge on any atom is -0.490 e. The van der Waals surface area contributed by atoms with Crippen LogP contribution in [-0.4, -0.2) is 66.4 Å². The SMILES string of the molecule is CCOc1ccc(CCNC(=O)CN2C(=O)C(=O)N(CC)C2=O)cc1OCC. The van der Waals surface area contributed by atoms with Gasteiger partial charge in [0.05, 0.1) is 13.2 Å². The molecular weight excluding hydrogens is 366 g/mol. The fraction of sp³-hybridized carbons (Fsp3) is 0.474. The molecule has 1 saturated heterocycles. The molecule has 1 aromatic carbocycles. The first-order chi connectivity index (χ1) is 13.4. The van der Waals surface area contributed by atoms with Gasteiger partial charge in [-0.2, -0.15) is 0 Å². The average Bonchev–Trinajstić information content (AvgIpc) is 2.87. The molecule has 0 spiro atoms. The maximum atomic E-state index is 12.1. The number of nitrogens with one attached hydrogen (secondary N) is 1. The number of hydrogen-bond acceptors (Lipinski definition) is 6. The molecule has 1 aliphatic heterocycles. The summed E-state index contributed by atoms with van der Waals surface area (Å²) in [5.41, 5.74) is 0.938. The van der Waals surface area contributed by atoms with Gasteiger partial charge in [0.25, 0.3) is 0 Å². The molecular formula is C19H25N3O6. The van der Waals surface area contributed by atoms with Gasteiger partial charge in [-0.15, -0.1) is 0 Å². The summed E-state index contributed by atoms with van der Waals surface area (Å²) in [7, 11) is 0. The van der Waals surface area contributed by atoms with E-state index in [4.69, 9.17) is 9.47 Å². The van der Waals surface area contributed by atoms with Gasteiger partial charge in [-0.05, 0) is 44.9 Å².